The van der Waals surface area contributed by atoms with Gasteiger partial charge < -0.3 is 9.84 Å². The summed E-state index contributed by atoms with van der Waals surface area (Å²) in [6, 6.07) is 4.85. The van der Waals surface area contributed by atoms with Crippen molar-refractivity contribution in [1.82, 2.24) is 4.90 Å². The summed E-state index contributed by atoms with van der Waals surface area (Å²) in [6.07, 6.45) is 1.73. The Morgan fingerprint density at radius 1 is 1.58 bits per heavy atom. The van der Waals surface area contributed by atoms with Crippen LogP contribution in [0.15, 0.2) is 30.9 Å². The lowest BCUT2D eigenvalue weighted by molar-refractivity contribution is -0.385. The van der Waals surface area contributed by atoms with Gasteiger partial charge in [-0.1, -0.05) is 12.1 Å². The Morgan fingerprint density at radius 3 is 2.84 bits per heavy atom. The number of ether oxygens (including phenoxy) is 1. The van der Waals surface area contributed by atoms with Crippen molar-refractivity contribution in [3.05, 3.63) is 46.5 Å². The number of hydrogen-bond donors (Lipinski definition) is 1. The molecule has 0 atom stereocenters. The van der Waals surface area contributed by atoms with Gasteiger partial charge in [0.15, 0.2) is 5.75 Å². The molecular formula is C13H18N2O4. The molecule has 6 nitrogen and oxygen atoms in total. The topological polar surface area (TPSA) is 75.8 Å². The summed E-state index contributed by atoms with van der Waals surface area (Å²) < 4.78 is 4.95. The van der Waals surface area contributed by atoms with Gasteiger partial charge in [0.2, 0.25) is 0 Å². The van der Waals surface area contributed by atoms with Crippen LogP contribution in [0, 0.1) is 10.1 Å². The molecule has 0 amide bonds. The molecule has 0 aliphatic carbocycles. The molecular weight excluding hydrogens is 248 g/mol. The van der Waals surface area contributed by atoms with Crippen LogP contribution in [-0.4, -0.2) is 41.7 Å². The third-order valence-electron chi connectivity index (χ3n) is 2.65. The Kier molecular flexibility index (Phi) is 5.98. The molecule has 0 aliphatic rings. The zero-order valence-corrected chi connectivity index (χ0v) is 10.9. The number of methoxy groups -OCH3 is 1. The van der Waals surface area contributed by atoms with Gasteiger partial charge in [-0.2, -0.15) is 0 Å². The fourth-order valence-electron chi connectivity index (χ4n) is 1.79. The summed E-state index contributed by atoms with van der Waals surface area (Å²) in [5.74, 6) is 0.242. The monoisotopic (exact) mass is 266 g/mol. The standard InChI is InChI=1S/C13H18N2O4/c1-3-6-14(7-8-16)10-11-4-5-13(19-2)12(9-11)15(17)18/h3-5,9,16H,1,6-8,10H2,2H3. The predicted molar refractivity (Wildman–Crippen MR) is 72.2 cm³/mol. The van der Waals surface area contributed by atoms with Crippen molar-refractivity contribution >= 4 is 5.69 Å². The van der Waals surface area contributed by atoms with E-state index in [-0.39, 0.29) is 18.0 Å². The van der Waals surface area contributed by atoms with E-state index in [0.717, 1.165) is 5.56 Å². The van der Waals surface area contributed by atoms with Gasteiger partial charge in [0.25, 0.3) is 0 Å². The third-order valence-corrected chi connectivity index (χ3v) is 2.65. The van der Waals surface area contributed by atoms with Gasteiger partial charge in [-0.05, 0) is 11.6 Å². The van der Waals surface area contributed by atoms with Gasteiger partial charge in [-0.15, -0.1) is 6.58 Å². The van der Waals surface area contributed by atoms with Crippen molar-refractivity contribution in [3.63, 3.8) is 0 Å². The lowest BCUT2D eigenvalue weighted by Gasteiger charge is -2.19. The first-order valence-electron chi connectivity index (χ1n) is 5.87. The molecule has 0 saturated carbocycles. The largest absolute Gasteiger partial charge is 0.490 e. The lowest BCUT2D eigenvalue weighted by Crippen LogP contribution is -2.26. The molecule has 0 aliphatic heterocycles. The van der Waals surface area contributed by atoms with Crippen molar-refractivity contribution in [2.45, 2.75) is 6.54 Å². The van der Waals surface area contributed by atoms with Crippen molar-refractivity contribution in [3.8, 4) is 5.75 Å². The number of rotatable bonds is 8. The van der Waals surface area contributed by atoms with E-state index in [9.17, 15) is 10.1 Å². The molecule has 0 bridgehead atoms. The SMILES string of the molecule is C=CCN(CCO)Cc1ccc(OC)c([N+](=O)[O-])c1. The number of nitrogens with zero attached hydrogens (tertiary/aromatic N) is 2. The van der Waals surface area contributed by atoms with E-state index < -0.39 is 4.92 Å². The van der Waals surface area contributed by atoms with Gasteiger partial charge in [0, 0.05) is 25.7 Å². The van der Waals surface area contributed by atoms with Crippen LogP contribution >= 0.6 is 0 Å². The normalized spacial score (nSPS) is 10.5. The number of benzene rings is 1. The van der Waals surface area contributed by atoms with Gasteiger partial charge in [-0.3, -0.25) is 15.0 Å². The summed E-state index contributed by atoms with van der Waals surface area (Å²) in [5, 5.41) is 19.9. The molecule has 0 fully saturated rings. The van der Waals surface area contributed by atoms with E-state index in [2.05, 4.69) is 6.58 Å². The second kappa shape index (κ2) is 7.50. The van der Waals surface area contributed by atoms with Gasteiger partial charge in [0.05, 0.1) is 18.6 Å². The number of aliphatic hydroxyl groups is 1. The second-order valence-electron chi connectivity index (χ2n) is 4.01. The fourth-order valence-corrected chi connectivity index (χ4v) is 1.79. The second-order valence-corrected chi connectivity index (χ2v) is 4.01. The van der Waals surface area contributed by atoms with E-state index in [4.69, 9.17) is 9.84 Å². The van der Waals surface area contributed by atoms with E-state index in [1.54, 1.807) is 18.2 Å². The highest BCUT2D eigenvalue weighted by atomic mass is 16.6. The molecule has 0 saturated heterocycles. The van der Waals surface area contributed by atoms with E-state index in [1.165, 1.54) is 13.2 Å². The summed E-state index contributed by atoms with van der Waals surface area (Å²) in [6.45, 7) is 5.29. The molecule has 1 rings (SSSR count). The van der Waals surface area contributed by atoms with Crippen LogP contribution in [0.5, 0.6) is 5.75 Å². The van der Waals surface area contributed by atoms with Gasteiger partial charge >= 0.3 is 5.69 Å². The molecule has 0 spiro atoms. The first-order valence-corrected chi connectivity index (χ1v) is 5.87. The van der Waals surface area contributed by atoms with E-state index in [0.29, 0.717) is 19.6 Å². The van der Waals surface area contributed by atoms with Crippen LogP contribution in [0.2, 0.25) is 0 Å². The fraction of sp³-hybridized carbons (Fsp3) is 0.385. The predicted octanol–water partition coefficient (Wildman–Crippen LogP) is 1.58. The number of aliphatic hydroxyl groups excluding tert-OH is 1. The van der Waals surface area contributed by atoms with Crippen molar-refractivity contribution < 1.29 is 14.8 Å². The first kappa shape index (κ1) is 15.1. The summed E-state index contributed by atoms with van der Waals surface area (Å²) in [7, 11) is 1.40. The molecule has 0 heterocycles. The highest BCUT2D eigenvalue weighted by molar-refractivity contribution is 5.48. The molecule has 1 N–H and O–H groups in total. The van der Waals surface area contributed by atoms with Crippen LogP contribution in [0.25, 0.3) is 0 Å². The summed E-state index contributed by atoms with van der Waals surface area (Å²) >= 11 is 0. The average Bonchev–Trinajstić information content (AvgIpc) is 2.39. The Bertz CT molecular complexity index is 448. The smallest absolute Gasteiger partial charge is 0.311 e. The Balaban J connectivity index is 2.91. The van der Waals surface area contributed by atoms with Crippen LogP contribution in [0.4, 0.5) is 5.69 Å². The molecule has 0 unspecified atom stereocenters. The van der Waals surface area contributed by atoms with E-state index >= 15 is 0 Å². The van der Waals surface area contributed by atoms with Crippen molar-refractivity contribution in [2.75, 3.05) is 26.8 Å². The Hall–Kier alpha value is -1.92. The molecule has 1 aromatic rings. The quantitative estimate of drug-likeness (QED) is 0.439. The maximum Gasteiger partial charge on any atom is 0.311 e. The highest BCUT2D eigenvalue weighted by Crippen LogP contribution is 2.27. The lowest BCUT2D eigenvalue weighted by atomic mass is 10.1. The third kappa shape index (κ3) is 4.35. The van der Waals surface area contributed by atoms with Crippen LogP contribution < -0.4 is 4.74 Å². The van der Waals surface area contributed by atoms with Gasteiger partial charge in [0.1, 0.15) is 0 Å². The molecule has 0 aromatic heterocycles. The maximum atomic E-state index is 10.9. The van der Waals surface area contributed by atoms with Gasteiger partial charge in [-0.25, -0.2) is 0 Å². The number of nitro groups is 1. The summed E-state index contributed by atoms with van der Waals surface area (Å²) in [4.78, 5) is 12.4. The first-order chi connectivity index (χ1) is 9.12. The molecule has 6 heteroatoms. The minimum atomic E-state index is -0.466. The molecule has 0 radical (unpaired) electrons. The van der Waals surface area contributed by atoms with Crippen molar-refractivity contribution in [1.29, 1.82) is 0 Å². The Morgan fingerprint density at radius 2 is 2.32 bits per heavy atom. The van der Waals surface area contributed by atoms with Crippen LogP contribution in [0.1, 0.15) is 5.56 Å². The zero-order chi connectivity index (χ0) is 14.3. The number of hydrogen-bond acceptors (Lipinski definition) is 5. The minimum absolute atomic E-state index is 0.0338. The van der Waals surface area contributed by atoms with Crippen molar-refractivity contribution in [2.24, 2.45) is 0 Å². The molecule has 19 heavy (non-hydrogen) atoms. The maximum absolute atomic E-state index is 10.9. The number of nitro benzene ring substituents is 1. The minimum Gasteiger partial charge on any atom is -0.490 e. The summed E-state index contributed by atoms with van der Waals surface area (Å²) in [5.41, 5.74) is 0.741. The van der Waals surface area contributed by atoms with E-state index in [1.807, 2.05) is 4.90 Å². The zero-order valence-electron chi connectivity index (χ0n) is 10.9. The van der Waals surface area contributed by atoms with Crippen LogP contribution in [-0.2, 0) is 6.54 Å². The molecule has 1 aromatic carbocycles. The average molecular weight is 266 g/mol. The van der Waals surface area contributed by atoms with Crippen LogP contribution in [0.3, 0.4) is 0 Å². The Labute approximate surface area is 112 Å². The highest BCUT2D eigenvalue weighted by Gasteiger charge is 2.16. The molecule has 104 valence electrons.